The monoisotopic (exact) mass is 675 g/mol. The third kappa shape index (κ3) is 5.02. The Balaban J connectivity index is 1.10. The van der Waals surface area contributed by atoms with Gasteiger partial charge in [-0.3, -0.25) is 0 Å². The molecule has 3 nitrogen and oxygen atoms in total. The van der Waals surface area contributed by atoms with Crippen LogP contribution in [-0.2, 0) is 6.54 Å². The van der Waals surface area contributed by atoms with E-state index in [9.17, 15) is 0 Å². The summed E-state index contributed by atoms with van der Waals surface area (Å²) in [6.45, 7) is 0.597. The van der Waals surface area contributed by atoms with E-state index in [0.717, 1.165) is 22.8 Å². The van der Waals surface area contributed by atoms with E-state index in [1.54, 1.807) is 0 Å². The van der Waals surface area contributed by atoms with Crippen molar-refractivity contribution in [2.45, 2.75) is 6.54 Å². The van der Waals surface area contributed by atoms with Gasteiger partial charge in [-0.15, -0.1) is 22.7 Å². The zero-order chi connectivity index (χ0) is 33.0. The minimum Gasteiger partial charge on any atom is -0.241 e. The standard InChI is InChI=1S/C45H29N3S2/c1-2-12-30(13-3-1)32-15-9-16-33(26-32)31-14-8-11-29(25-31)28-48-45(34-23-24-36-35-17-4-6-20-39(35)50-42(36)27-34)46-44(47-48)38-19-10-22-41-43(38)37-18-5-7-21-40(37)49-41/h1-27H,28H2. The molecule has 0 bridgehead atoms. The topological polar surface area (TPSA) is 30.7 Å². The molecule has 10 rings (SSSR count). The van der Waals surface area contributed by atoms with Crippen LogP contribution in [0.25, 0.3) is 85.4 Å². The molecule has 50 heavy (non-hydrogen) atoms. The lowest BCUT2D eigenvalue weighted by atomic mass is 9.98. The first-order chi connectivity index (χ1) is 24.7. The summed E-state index contributed by atoms with van der Waals surface area (Å²) in [4.78, 5) is 5.33. The fourth-order valence-corrected chi connectivity index (χ4v) is 9.41. The minimum absolute atomic E-state index is 0.597. The molecule has 5 heteroatoms. The smallest absolute Gasteiger partial charge is 0.182 e. The summed E-state index contributed by atoms with van der Waals surface area (Å²) in [5, 5.41) is 10.3. The van der Waals surface area contributed by atoms with Crippen molar-refractivity contribution in [3.8, 4) is 45.0 Å². The number of fused-ring (bicyclic) bond motifs is 6. The van der Waals surface area contributed by atoms with Crippen LogP contribution in [0.5, 0.6) is 0 Å². The Morgan fingerprint density at radius 3 is 1.92 bits per heavy atom. The third-order valence-electron chi connectivity index (χ3n) is 9.51. The molecule has 7 aromatic carbocycles. The highest BCUT2D eigenvalue weighted by Crippen LogP contribution is 2.40. The molecule has 0 unspecified atom stereocenters. The molecular weight excluding hydrogens is 647 g/mol. The first-order valence-corrected chi connectivity index (χ1v) is 18.4. The van der Waals surface area contributed by atoms with Gasteiger partial charge in [0, 0.05) is 51.5 Å². The van der Waals surface area contributed by atoms with Gasteiger partial charge in [-0.05, 0) is 64.2 Å². The highest BCUT2D eigenvalue weighted by Gasteiger charge is 2.19. The average molecular weight is 676 g/mol. The molecule has 236 valence electrons. The average Bonchev–Trinajstić information content (AvgIpc) is 3.88. The van der Waals surface area contributed by atoms with Gasteiger partial charge in [0.1, 0.15) is 0 Å². The van der Waals surface area contributed by atoms with Crippen LogP contribution in [0.4, 0.5) is 0 Å². The van der Waals surface area contributed by atoms with E-state index in [1.807, 2.05) is 22.7 Å². The van der Waals surface area contributed by atoms with E-state index in [2.05, 4.69) is 168 Å². The Bertz CT molecular complexity index is 2860. The van der Waals surface area contributed by atoms with Crippen molar-refractivity contribution in [2.24, 2.45) is 0 Å². The molecule has 0 fully saturated rings. The van der Waals surface area contributed by atoms with Gasteiger partial charge < -0.3 is 0 Å². The van der Waals surface area contributed by atoms with Gasteiger partial charge in [0.15, 0.2) is 11.6 Å². The molecule has 0 radical (unpaired) electrons. The van der Waals surface area contributed by atoms with Gasteiger partial charge in [0.05, 0.1) is 6.54 Å². The van der Waals surface area contributed by atoms with Crippen LogP contribution in [0.1, 0.15) is 5.56 Å². The summed E-state index contributed by atoms with van der Waals surface area (Å²) in [6, 6.07) is 58.7. The fraction of sp³-hybridized carbons (Fsp3) is 0.0222. The summed E-state index contributed by atoms with van der Waals surface area (Å²) in [5.41, 5.74) is 8.11. The number of rotatable bonds is 6. The first-order valence-electron chi connectivity index (χ1n) is 16.8. The summed E-state index contributed by atoms with van der Waals surface area (Å²) in [6.07, 6.45) is 0. The predicted octanol–water partition coefficient (Wildman–Crippen LogP) is 12.7. The van der Waals surface area contributed by atoms with Gasteiger partial charge in [0.2, 0.25) is 0 Å². The van der Waals surface area contributed by atoms with Crippen LogP contribution in [-0.4, -0.2) is 14.8 Å². The van der Waals surface area contributed by atoms with Gasteiger partial charge in [-0.25, -0.2) is 9.67 Å². The van der Waals surface area contributed by atoms with Crippen LogP contribution in [0, 0.1) is 0 Å². The molecule has 0 N–H and O–H groups in total. The molecule has 0 saturated carbocycles. The van der Waals surface area contributed by atoms with Crippen molar-refractivity contribution >= 4 is 63.0 Å². The number of thiophene rings is 2. The number of benzene rings is 7. The van der Waals surface area contributed by atoms with E-state index in [1.165, 1.54) is 68.2 Å². The van der Waals surface area contributed by atoms with Crippen molar-refractivity contribution < 1.29 is 0 Å². The lowest BCUT2D eigenvalue weighted by Crippen LogP contribution is -2.04. The molecule has 0 aliphatic rings. The van der Waals surface area contributed by atoms with Gasteiger partial charge in [0.25, 0.3) is 0 Å². The summed E-state index contributed by atoms with van der Waals surface area (Å²) < 4.78 is 7.17. The van der Waals surface area contributed by atoms with Gasteiger partial charge >= 0.3 is 0 Å². The molecule has 3 aromatic heterocycles. The van der Waals surface area contributed by atoms with Crippen LogP contribution in [0.3, 0.4) is 0 Å². The number of aromatic nitrogens is 3. The summed E-state index contributed by atoms with van der Waals surface area (Å²) >= 11 is 3.65. The molecule has 0 atom stereocenters. The van der Waals surface area contributed by atoms with E-state index < -0.39 is 0 Å². The normalized spacial score (nSPS) is 11.7. The highest BCUT2D eigenvalue weighted by molar-refractivity contribution is 7.26. The van der Waals surface area contributed by atoms with Crippen LogP contribution in [0.2, 0.25) is 0 Å². The molecule has 0 amide bonds. The summed E-state index contributed by atoms with van der Waals surface area (Å²) in [7, 11) is 0. The molecule has 0 spiro atoms. The maximum atomic E-state index is 5.33. The van der Waals surface area contributed by atoms with Crippen LogP contribution >= 0.6 is 22.7 Å². The number of nitrogens with zero attached hydrogens (tertiary/aromatic N) is 3. The maximum absolute atomic E-state index is 5.33. The van der Waals surface area contributed by atoms with Crippen molar-refractivity contribution in [3.05, 3.63) is 169 Å². The van der Waals surface area contributed by atoms with Crippen molar-refractivity contribution in [3.63, 3.8) is 0 Å². The SMILES string of the molecule is c1ccc(-c2cccc(-c3cccc(Cn4nc(-c5cccc6sc7ccccc7c56)nc4-c4ccc5c(c4)sc4ccccc45)c3)c2)cc1. The first kappa shape index (κ1) is 29.1. The Hall–Kier alpha value is -5.88. The van der Waals surface area contributed by atoms with E-state index in [-0.39, 0.29) is 0 Å². The predicted molar refractivity (Wildman–Crippen MR) is 213 cm³/mol. The van der Waals surface area contributed by atoms with Crippen molar-refractivity contribution in [1.29, 1.82) is 0 Å². The van der Waals surface area contributed by atoms with E-state index >= 15 is 0 Å². The third-order valence-corrected chi connectivity index (χ3v) is 11.8. The number of hydrogen-bond donors (Lipinski definition) is 0. The quantitative estimate of drug-likeness (QED) is 0.176. The molecule has 0 saturated heterocycles. The second-order valence-electron chi connectivity index (χ2n) is 12.6. The van der Waals surface area contributed by atoms with Crippen LogP contribution < -0.4 is 0 Å². The largest absolute Gasteiger partial charge is 0.241 e. The fourth-order valence-electron chi connectivity index (χ4n) is 7.14. The lowest BCUT2D eigenvalue weighted by Gasteiger charge is -2.10. The second-order valence-corrected chi connectivity index (χ2v) is 14.8. The van der Waals surface area contributed by atoms with Crippen molar-refractivity contribution in [1.82, 2.24) is 14.8 Å². The summed E-state index contributed by atoms with van der Waals surface area (Å²) in [5.74, 6) is 1.62. The minimum atomic E-state index is 0.597. The zero-order valence-corrected chi connectivity index (χ0v) is 28.6. The van der Waals surface area contributed by atoms with Crippen molar-refractivity contribution in [2.75, 3.05) is 0 Å². The molecule has 0 aliphatic heterocycles. The Morgan fingerprint density at radius 1 is 0.440 bits per heavy atom. The zero-order valence-electron chi connectivity index (χ0n) is 27.0. The lowest BCUT2D eigenvalue weighted by molar-refractivity contribution is 0.695. The molecule has 3 heterocycles. The Morgan fingerprint density at radius 2 is 1.06 bits per heavy atom. The van der Waals surface area contributed by atoms with Gasteiger partial charge in [-0.2, -0.15) is 5.10 Å². The highest BCUT2D eigenvalue weighted by atomic mass is 32.1. The Labute approximate surface area is 297 Å². The van der Waals surface area contributed by atoms with Crippen LogP contribution in [0.15, 0.2) is 164 Å². The second kappa shape index (κ2) is 11.9. The molecule has 0 aliphatic carbocycles. The number of hydrogen-bond acceptors (Lipinski definition) is 4. The van der Waals surface area contributed by atoms with E-state index in [4.69, 9.17) is 10.1 Å². The van der Waals surface area contributed by atoms with Gasteiger partial charge in [-0.1, -0.05) is 127 Å². The maximum Gasteiger partial charge on any atom is 0.182 e. The Kier molecular flexibility index (Phi) is 6.93. The molecule has 10 aromatic rings. The molecular formula is C45H29N3S2. The van der Waals surface area contributed by atoms with E-state index in [0.29, 0.717) is 6.54 Å².